The van der Waals surface area contributed by atoms with Gasteiger partial charge in [0.15, 0.2) is 0 Å². The lowest BCUT2D eigenvalue weighted by atomic mass is 10.1. The molecule has 0 saturated heterocycles. The molecule has 0 aromatic heterocycles. The molecule has 0 fully saturated rings. The molecule has 1 aromatic carbocycles. The maximum Gasteiger partial charge on any atom is 0.261 e. The van der Waals surface area contributed by atoms with Gasteiger partial charge in [-0.3, -0.25) is 0 Å². The Morgan fingerprint density at radius 1 is 1.50 bits per heavy atom. The van der Waals surface area contributed by atoms with E-state index in [0.29, 0.717) is 15.6 Å². The van der Waals surface area contributed by atoms with E-state index in [-0.39, 0.29) is 4.90 Å². The van der Waals surface area contributed by atoms with Crippen molar-refractivity contribution in [1.29, 1.82) is 5.26 Å². The van der Waals surface area contributed by atoms with E-state index in [0.717, 1.165) is 0 Å². The number of hydrogen-bond acceptors (Lipinski definition) is 3. The van der Waals surface area contributed by atoms with E-state index in [1.54, 1.807) is 6.92 Å². The van der Waals surface area contributed by atoms with Gasteiger partial charge in [0, 0.05) is 15.2 Å². The van der Waals surface area contributed by atoms with Crippen molar-refractivity contribution in [3.8, 4) is 6.07 Å². The van der Waals surface area contributed by atoms with Gasteiger partial charge >= 0.3 is 0 Å². The first-order valence-corrected chi connectivity index (χ1v) is 6.62. The van der Waals surface area contributed by atoms with Crippen molar-refractivity contribution in [2.45, 2.75) is 11.8 Å². The molecule has 74 valence electrons. The molecule has 0 radical (unpaired) electrons. The summed E-state index contributed by atoms with van der Waals surface area (Å²) < 4.78 is 22.6. The minimum absolute atomic E-state index is 0.0186. The second kappa shape index (κ2) is 3.89. The Kier molecular flexibility index (Phi) is 3.20. The minimum atomic E-state index is -3.75. The summed E-state index contributed by atoms with van der Waals surface area (Å²) in [5.74, 6) is 0. The average molecular weight is 295 g/mol. The zero-order valence-electron chi connectivity index (χ0n) is 7.08. The highest BCUT2D eigenvalue weighted by atomic mass is 79.9. The molecule has 6 heteroatoms. The zero-order valence-corrected chi connectivity index (χ0v) is 10.2. The van der Waals surface area contributed by atoms with Gasteiger partial charge in [-0.15, -0.1) is 0 Å². The third kappa shape index (κ3) is 2.08. The first kappa shape index (κ1) is 11.5. The van der Waals surface area contributed by atoms with E-state index in [1.165, 1.54) is 12.1 Å². The van der Waals surface area contributed by atoms with Crippen LogP contribution in [-0.2, 0) is 9.05 Å². The molecule has 0 aliphatic heterocycles. The molecule has 1 rings (SSSR count). The maximum absolute atomic E-state index is 11.1. The third-order valence-corrected chi connectivity index (χ3v) is 4.21. The topological polar surface area (TPSA) is 57.9 Å². The van der Waals surface area contributed by atoms with Gasteiger partial charge in [-0.05, 0) is 40.5 Å². The number of benzene rings is 1. The van der Waals surface area contributed by atoms with E-state index < -0.39 is 9.05 Å². The summed E-state index contributed by atoms with van der Waals surface area (Å²) in [5.41, 5.74) is 0.825. The standard InChI is InChI=1S/C8H5BrClNO2S/c1-5-7(14(10,12)13)3-2-6(4-11)8(5)9/h2-3H,1H3. The van der Waals surface area contributed by atoms with E-state index in [9.17, 15) is 8.42 Å². The van der Waals surface area contributed by atoms with E-state index in [2.05, 4.69) is 15.9 Å². The van der Waals surface area contributed by atoms with Gasteiger partial charge in [0.1, 0.15) is 6.07 Å². The molecule has 0 aliphatic carbocycles. The smallest absolute Gasteiger partial charge is 0.207 e. The summed E-state index contributed by atoms with van der Waals surface area (Å²) in [7, 11) is 1.45. The van der Waals surface area contributed by atoms with Crippen molar-refractivity contribution in [3.63, 3.8) is 0 Å². The van der Waals surface area contributed by atoms with Crippen LogP contribution in [0.4, 0.5) is 0 Å². The van der Waals surface area contributed by atoms with Crippen LogP contribution >= 0.6 is 26.6 Å². The van der Waals surface area contributed by atoms with Crippen molar-refractivity contribution >= 4 is 35.7 Å². The number of rotatable bonds is 1. The van der Waals surface area contributed by atoms with Crippen LogP contribution in [0, 0.1) is 18.3 Å². The van der Waals surface area contributed by atoms with Gasteiger partial charge in [0.2, 0.25) is 0 Å². The number of halogens is 2. The second-order valence-electron chi connectivity index (χ2n) is 2.60. The van der Waals surface area contributed by atoms with Gasteiger partial charge in [0.05, 0.1) is 10.5 Å². The fourth-order valence-electron chi connectivity index (χ4n) is 1.02. The fraction of sp³-hybridized carbons (Fsp3) is 0.125. The highest BCUT2D eigenvalue weighted by Gasteiger charge is 2.16. The molecule has 0 unspecified atom stereocenters. The Labute approximate surface area is 94.9 Å². The van der Waals surface area contributed by atoms with E-state index in [4.69, 9.17) is 15.9 Å². The zero-order chi connectivity index (χ0) is 10.9. The Morgan fingerprint density at radius 2 is 2.07 bits per heavy atom. The molecule has 0 aliphatic rings. The van der Waals surface area contributed by atoms with Crippen LogP contribution in [0.5, 0.6) is 0 Å². The SMILES string of the molecule is Cc1c(S(=O)(=O)Cl)ccc(C#N)c1Br. The van der Waals surface area contributed by atoms with Crippen LogP contribution in [0.2, 0.25) is 0 Å². The molecule has 14 heavy (non-hydrogen) atoms. The molecular weight excluding hydrogens is 290 g/mol. The van der Waals surface area contributed by atoms with Gasteiger partial charge < -0.3 is 0 Å². The highest BCUT2D eigenvalue weighted by Crippen LogP contribution is 2.28. The van der Waals surface area contributed by atoms with Crippen molar-refractivity contribution in [1.82, 2.24) is 0 Å². The number of hydrogen-bond donors (Lipinski definition) is 0. The molecule has 0 atom stereocenters. The molecule has 0 heterocycles. The van der Waals surface area contributed by atoms with Gasteiger partial charge in [-0.2, -0.15) is 5.26 Å². The normalized spacial score (nSPS) is 11.0. The largest absolute Gasteiger partial charge is 0.261 e. The maximum atomic E-state index is 11.1. The molecule has 1 aromatic rings. The van der Waals surface area contributed by atoms with E-state index >= 15 is 0 Å². The molecule has 0 saturated carbocycles. The first-order chi connectivity index (χ1) is 6.38. The van der Waals surface area contributed by atoms with E-state index in [1.807, 2.05) is 6.07 Å². The van der Waals surface area contributed by atoms with Crippen molar-refractivity contribution in [2.75, 3.05) is 0 Å². The monoisotopic (exact) mass is 293 g/mol. The molecule has 3 nitrogen and oxygen atoms in total. The Bertz CT molecular complexity index is 519. The summed E-state index contributed by atoms with van der Waals surface area (Å²) >= 11 is 3.14. The predicted octanol–water partition coefficient (Wildman–Crippen LogP) is 2.56. The first-order valence-electron chi connectivity index (χ1n) is 3.52. The third-order valence-electron chi connectivity index (χ3n) is 1.72. The Balaban J connectivity index is 3.57. The van der Waals surface area contributed by atoms with Crippen LogP contribution in [0.1, 0.15) is 11.1 Å². The summed E-state index contributed by atoms with van der Waals surface area (Å²) in [6.07, 6.45) is 0. The van der Waals surface area contributed by atoms with Crippen LogP contribution in [0.3, 0.4) is 0 Å². The molecular formula is C8H5BrClNO2S. The van der Waals surface area contributed by atoms with Gasteiger partial charge in [-0.25, -0.2) is 8.42 Å². The Hall–Kier alpha value is -0.570. The second-order valence-corrected chi connectivity index (χ2v) is 5.93. The van der Waals surface area contributed by atoms with Crippen LogP contribution in [-0.4, -0.2) is 8.42 Å². The Morgan fingerprint density at radius 3 is 2.50 bits per heavy atom. The quantitative estimate of drug-likeness (QED) is 0.748. The summed E-state index contributed by atoms with van der Waals surface area (Å²) in [6, 6.07) is 4.66. The van der Waals surface area contributed by atoms with Gasteiger partial charge in [-0.1, -0.05) is 0 Å². The van der Waals surface area contributed by atoms with Crippen molar-refractivity contribution in [2.24, 2.45) is 0 Å². The highest BCUT2D eigenvalue weighted by molar-refractivity contribution is 9.10. The van der Waals surface area contributed by atoms with Crippen LogP contribution in [0.25, 0.3) is 0 Å². The average Bonchev–Trinajstić information content (AvgIpc) is 2.07. The summed E-state index contributed by atoms with van der Waals surface area (Å²) in [4.78, 5) is 0.0186. The molecule has 0 amide bonds. The molecule has 0 N–H and O–H groups in total. The lowest BCUT2D eigenvalue weighted by Gasteiger charge is -2.04. The molecule has 0 spiro atoms. The summed E-state index contributed by atoms with van der Waals surface area (Å²) in [5, 5.41) is 8.67. The number of nitriles is 1. The minimum Gasteiger partial charge on any atom is -0.207 e. The lowest BCUT2D eigenvalue weighted by molar-refractivity contribution is 0.609. The predicted molar refractivity (Wildman–Crippen MR) is 56.6 cm³/mol. The fourth-order valence-corrected chi connectivity index (χ4v) is 2.78. The van der Waals surface area contributed by atoms with Crippen LogP contribution < -0.4 is 0 Å². The van der Waals surface area contributed by atoms with Crippen molar-refractivity contribution < 1.29 is 8.42 Å². The molecule has 0 bridgehead atoms. The summed E-state index contributed by atoms with van der Waals surface area (Å²) in [6.45, 7) is 1.58. The van der Waals surface area contributed by atoms with Gasteiger partial charge in [0.25, 0.3) is 9.05 Å². The lowest BCUT2D eigenvalue weighted by Crippen LogP contribution is -1.96. The van der Waals surface area contributed by atoms with Crippen LogP contribution in [0.15, 0.2) is 21.5 Å². The number of nitrogens with zero attached hydrogens (tertiary/aromatic N) is 1. The van der Waals surface area contributed by atoms with Crippen molar-refractivity contribution in [3.05, 3.63) is 27.7 Å².